The van der Waals surface area contributed by atoms with E-state index in [1.54, 1.807) is 0 Å². The Morgan fingerprint density at radius 3 is 2.17 bits per heavy atom. The number of nitro groups is 1. The average Bonchev–Trinajstić information content (AvgIpc) is 2.07. The lowest BCUT2D eigenvalue weighted by atomic mass is 10.4. The topological polar surface area (TPSA) is 93.3 Å². The molecule has 0 unspecified atom stereocenters. The molecule has 0 radical (unpaired) electrons. The van der Waals surface area contributed by atoms with E-state index in [4.69, 9.17) is 9.90 Å². The molecular weight excluding hydrogens is 164 g/mol. The van der Waals surface area contributed by atoms with Gasteiger partial charge < -0.3 is 5.11 Å². The van der Waals surface area contributed by atoms with Crippen molar-refractivity contribution >= 4 is 12.2 Å². The molecule has 0 atom stereocenters. The Kier molecular flexibility index (Phi) is 4.83. The summed E-state index contributed by atoms with van der Waals surface area (Å²) in [6, 6.07) is 2.69. The standard InChI is InChI=1S/C5H4N2O2.CH2O2/c8-7(9)5-1-3-6-4-2-5;2-1-3/h1-4H;1H,(H,2,3). The van der Waals surface area contributed by atoms with Gasteiger partial charge in [0.25, 0.3) is 12.2 Å². The third-order valence-electron chi connectivity index (χ3n) is 0.874. The Hall–Kier alpha value is -1.98. The van der Waals surface area contributed by atoms with E-state index in [1.165, 1.54) is 24.5 Å². The lowest BCUT2D eigenvalue weighted by Crippen LogP contribution is -1.85. The van der Waals surface area contributed by atoms with Gasteiger partial charge in [0.1, 0.15) is 0 Å². The van der Waals surface area contributed by atoms with Crippen LogP contribution in [0.25, 0.3) is 0 Å². The van der Waals surface area contributed by atoms with E-state index in [2.05, 4.69) is 4.98 Å². The molecule has 12 heavy (non-hydrogen) atoms. The van der Waals surface area contributed by atoms with Crippen LogP contribution in [-0.2, 0) is 4.79 Å². The highest BCUT2D eigenvalue weighted by Crippen LogP contribution is 2.05. The maximum Gasteiger partial charge on any atom is 0.290 e. The van der Waals surface area contributed by atoms with Crippen molar-refractivity contribution in [2.75, 3.05) is 0 Å². The molecule has 0 aromatic carbocycles. The number of nitrogens with zero attached hydrogens (tertiary/aromatic N) is 2. The van der Waals surface area contributed by atoms with Gasteiger partial charge in [-0.25, -0.2) is 0 Å². The third kappa shape index (κ3) is 3.94. The summed E-state index contributed by atoms with van der Waals surface area (Å²) in [6.07, 6.45) is 2.77. The van der Waals surface area contributed by atoms with Crippen LogP contribution in [0, 0.1) is 10.1 Å². The van der Waals surface area contributed by atoms with Crippen LogP contribution >= 0.6 is 0 Å². The van der Waals surface area contributed by atoms with Gasteiger partial charge in [-0.1, -0.05) is 0 Å². The van der Waals surface area contributed by atoms with Crippen molar-refractivity contribution in [3.05, 3.63) is 34.6 Å². The third-order valence-corrected chi connectivity index (χ3v) is 0.874. The zero-order valence-corrected chi connectivity index (χ0v) is 5.95. The van der Waals surface area contributed by atoms with Crippen LogP contribution in [0.15, 0.2) is 24.5 Å². The molecule has 1 heterocycles. The van der Waals surface area contributed by atoms with Gasteiger partial charge in [-0.2, -0.15) is 0 Å². The minimum Gasteiger partial charge on any atom is -0.483 e. The van der Waals surface area contributed by atoms with Crippen LogP contribution in [0.4, 0.5) is 5.69 Å². The lowest BCUT2D eigenvalue weighted by molar-refractivity contribution is -0.384. The van der Waals surface area contributed by atoms with Gasteiger partial charge in [0.2, 0.25) is 0 Å². The molecule has 0 aliphatic carbocycles. The number of rotatable bonds is 1. The van der Waals surface area contributed by atoms with Crippen molar-refractivity contribution in [3.63, 3.8) is 0 Å². The van der Waals surface area contributed by atoms with Crippen LogP contribution in [-0.4, -0.2) is 21.5 Å². The maximum absolute atomic E-state index is 9.98. The molecule has 0 spiro atoms. The first-order valence-corrected chi connectivity index (χ1v) is 2.84. The van der Waals surface area contributed by atoms with Crippen molar-refractivity contribution in [2.45, 2.75) is 0 Å². The molecule has 0 amide bonds. The fraction of sp³-hybridized carbons (Fsp3) is 0. The lowest BCUT2D eigenvalue weighted by Gasteiger charge is -1.84. The molecule has 0 fully saturated rings. The number of aromatic nitrogens is 1. The van der Waals surface area contributed by atoms with Gasteiger partial charge in [-0.15, -0.1) is 0 Å². The van der Waals surface area contributed by atoms with Crippen molar-refractivity contribution < 1.29 is 14.8 Å². The molecule has 0 aliphatic rings. The summed E-state index contributed by atoms with van der Waals surface area (Å²) < 4.78 is 0. The Balaban J connectivity index is 0.000000354. The highest BCUT2D eigenvalue weighted by atomic mass is 16.6. The Morgan fingerprint density at radius 2 is 1.92 bits per heavy atom. The monoisotopic (exact) mass is 170 g/mol. The van der Waals surface area contributed by atoms with Gasteiger partial charge in [-0.05, 0) is 0 Å². The number of carboxylic acid groups (broad SMARTS) is 1. The smallest absolute Gasteiger partial charge is 0.290 e. The number of pyridine rings is 1. The molecule has 1 rings (SSSR count). The molecule has 1 aromatic heterocycles. The molecule has 0 saturated carbocycles. The molecule has 1 N–H and O–H groups in total. The fourth-order valence-electron chi connectivity index (χ4n) is 0.466. The summed E-state index contributed by atoms with van der Waals surface area (Å²) in [7, 11) is 0. The van der Waals surface area contributed by atoms with E-state index in [-0.39, 0.29) is 12.2 Å². The normalized spacial score (nSPS) is 7.67. The van der Waals surface area contributed by atoms with E-state index >= 15 is 0 Å². The summed E-state index contributed by atoms with van der Waals surface area (Å²) in [6.45, 7) is -0.250. The van der Waals surface area contributed by atoms with E-state index in [1.807, 2.05) is 0 Å². The first-order chi connectivity index (χ1) is 5.72. The first kappa shape index (κ1) is 10.0. The van der Waals surface area contributed by atoms with Crippen molar-refractivity contribution in [3.8, 4) is 0 Å². The molecule has 1 aromatic rings. The molecular formula is C6H6N2O4. The molecule has 0 saturated heterocycles. The van der Waals surface area contributed by atoms with Gasteiger partial charge in [0.15, 0.2) is 0 Å². The van der Waals surface area contributed by atoms with Gasteiger partial charge in [-0.3, -0.25) is 19.9 Å². The Bertz CT molecular complexity index is 249. The predicted molar refractivity (Wildman–Crippen MR) is 39.6 cm³/mol. The van der Waals surface area contributed by atoms with Gasteiger partial charge >= 0.3 is 0 Å². The van der Waals surface area contributed by atoms with Crippen LogP contribution in [0.3, 0.4) is 0 Å². The number of carbonyl (C=O) groups is 1. The SMILES string of the molecule is O=CO.O=[N+]([O-])c1ccncc1. The van der Waals surface area contributed by atoms with Gasteiger partial charge in [0, 0.05) is 24.5 Å². The Morgan fingerprint density at radius 1 is 1.50 bits per heavy atom. The van der Waals surface area contributed by atoms with Crippen LogP contribution in [0.2, 0.25) is 0 Å². The highest BCUT2D eigenvalue weighted by Gasteiger charge is 1.99. The number of hydrogen-bond acceptors (Lipinski definition) is 4. The summed E-state index contributed by atoms with van der Waals surface area (Å²) in [4.78, 5) is 21.5. The molecule has 64 valence electrons. The first-order valence-electron chi connectivity index (χ1n) is 2.84. The zero-order valence-electron chi connectivity index (χ0n) is 5.95. The summed E-state index contributed by atoms with van der Waals surface area (Å²) in [5.74, 6) is 0. The molecule has 6 nitrogen and oxygen atoms in total. The predicted octanol–water partition coefficient (Wildman–Crippen LogP) is 0.691. The van der Waals surface area contributed by atoms with E-state index in [9.17, 15) is 10.1 Å². The second-order valence-corrected chi connectivity index (χ2v) is 1.57. The van der Waals surface area contributed by atoms with Crippen LogP contribution < -0.4 is 0 Å². The maximum atomic E-state index is 9.98. The molecule has 6 heteroatoms. The zero-order chi connectivity index (χ0) is 9.40. The second kappa shape index (κ2) is 5.78. The van der Waals surface area contributed by atoms with E-state index < -0.39 is 4.92 Å². The highest BCUT2D eigenvalue weighted by molar-refractivity contribution is 5.32. The minimum atomic E-state index is -0.457. The van der Waals surface area contributed by atoms with Crippen molar-refractivity contribution in [1.29, 1.82) is 0 Å². The minimum absolute atomic E-state index is 0.0741. The van der Waals surface area contributed by atoms with Crippen molar-refractivity contribution in [1.82, 2.24) is 4.98 Å². The van der Waals surface area contributed by atoms with Crippen LogP contribution in [0.5, 0.6) is 0 Å². The Labute approximate surface area is 67.6 Å². The van der Waals surface area contributed by atoms with Crippen molar-refractivity contribution in [2.24, 2.45) is 0 Å². The van der Waals surface area contributed by atoms with Gasteiger partial charge in [0.05, 0.1) is 4.92 Å². The largest absolute Gasteiger partial charge is 0.483 e. The van der Waals surface area contributed by atoms with Crippen LogP contribution in [0.1, 0.15) is 0 Å². The van der Waals surface area contributed by atoms with E-state index in [0.717, 1.165) is 0 Å². The summed E-state index contributed by atoms with van der Waals surface area (Å²) >= 11 is 0. The quantitative estimate of drug-likeness (QED) is 0.380. The molecule has 0 aliphatic heterocycles. The second-order valence-electron chi connectivity index (χ2n) is 1.57. The molecule has 0 bridgehead atoms. The summed E-state index contributed by atoms with van der Waals surface area (Å²) in [5.41, 5.74) is 0.0741. The number of hydrogen-bond donors (Lipinski definition) is 1. The summed E-state index contributed by atoms with van der Waals surface area (Å²) in [5, 5.41) is 16.9. The average molecular weight is 170 g/mol. The fourth-order valence-corrected chi connectivity index (χ4v) is 0.466. The van der Waals surface area contributed by atoms with E-state index in [0.29, 0.717) is 0 Å².